The summed E-state index contributed by atoms with van der Waals surface area (Å²) >= 11 is 0. The van der Waals surface area contributed by atoms with E-state index in [9.17, 15) is 4.79 Å². The molecule has 0 aromatic heterocycles. The van der Waals surface area contributed by atoms with E-state index >= 15 is 0 Å². The Labute approximate surface area is 182 Å². The average Bonchev–Trinajstić information content (AvgIpc) is 2.83. The van der Waals surface area contributed by atoms with Gasteiger partial charge in [-0.25, -0.2) is 0 Å². The Balaban J connectivity index is 1.64. The maximum Gasteiger partial charge on any atom is 0.232 e. The zero-order valence-electron chi connectivity index (χ0n) is 17.2. The van der Waals surface area contributed by atoms with E-state index < -0.39 is 0 Å². The molecule has 31 heavy (non-hydrogen) atoms. The van der Waals surface area contributed by atoms with Crippen molar-refractivity contribution < 1.29 is 4.79 Å². The number of hydrogen-bond acceptors (Lipinski definition) is 1. The van der Waals surface area contributed by atoms with Crippen LogP contribution in [0.1, 0.15) is 40.5 Å². The van der Waals surface area contributed by atoms with Crippen LogP contribution in [0.5, 0.6) is 0 Å². The van der Waals surface area contributed by atoms with Gasteiger partial charge in [-0.3, -0.25) is 4.79 Å². The summed E-state index contributed by atoms with van der Waals surface area (Å²) in [5, 5.41) is 5.76. The minimum atomic E-state index is -0.240. The molecule has 0 radical (unpaired) electrons. The molecule has 1 aliphatic carbocycles. The normalized spacial score (nSPS) is 20.2. The first-order chi connectivity index (χ1) is 15.3. The number of allylic oxidation sites excluding steroid dienone is 1. The van der Waals surface area contributed by atoms with E-state index in [4.69, 9.17) is 0 Å². The Kier molecular flexibility index (Phi) is 4.24. The highest BCUT2D eigenvalue weighted by Crippen LogP contribution is 2.49. The van der Waals surface area contributed by atoms with Crippen LogP contribution < -0.4 is 5.32 Å². The quantitative estimate of drug-likeness (QED) is 0.426. The van der Waals surface area contributed by atoms with Gasteiger partial charge in [0.05, 0.1) is 5.92 Å². The Morgan fingerprint density at radius 2 is 1.42 bits per heavy atom. The monoisotopic (exact) mass is 401 g/mol. The van der Waals surface area contributed by atoms with Crippen LogP contribution in [-0.4, -0.2) is 5.91 Å². The maximum absolute atomic E-state index is 13.6. The van der Waals surface area contributed by atoms with Gasteiger partial charge in [-0.05, 0) is 45.9 Å². The lowest BCUT2D eigenvalue weighted by molar-refractivity contribution is -0.122. The molecule has 0 saturated heterocycles. The summed E-state index contributed by atoms with van der Waals surface area (Å²) in [6.45, 7) is 0. The van der Waals surface area contributed by atoms with Crippen LogP contribution in [0.3, 0.4) is 0 Å². The fourth-order valence-corrected chi connectivity index (χ4v) is 5.45. The first-order valence-corrected chi connectivity index (χ1v) is 11.0. The summed E-state index contributed by atoms with van der Waals surface area (Å²) in [5.74, 6) is -0.138. The van der Waals surface area contributed by atoms with Crippen LogP contribution in [0.15, 0.2) is 103 Å². The minimum absolute atomic E-state index is 0.0191. The number of carbonyl (C=O) groups is 1. The second-order valence-corrected chi connectivity index (χ2v) is 8.48. The highest BCUT2D eigenvalue weighted by molar-refractivity contribution is 5.99. The van der Waals surface area contributed by atoms with E-state index in [0.717, 1.165) is 24.1 Å². The van der Waals surface area contributed by atoms with Crippen molar-refractivity contribution in [2.75, 3.05) is 0 Å². The van der Waals surface area contributed by atoms with Crippen molar-refractivity contribution >= 4 is 22.4 Å². The fourth-order valence-electron chi connectivity index (χ4n) is 5.45. The van der Waals surface area contributed by atoms with Crippen molar-refractivity contribution in [3.8, 4) is 0 Å². The number of nitrogens with one attached hydrogen (secondary N) is 1. The molecule has 2 unspecified atom stereocenters. The molecule has 2 atom stereocenters. The predicted molar refractivity (Wildman–Crippen MR) is 126 cm³/mol. The van der Waals surface area contributed by atoms with Gasteiger partial charge in [-0.2, -0.15) is 0 Å². The molecule has 1 aliphatic heterocycles. The molecule has 0 fully saturated rings. The van der Waals surface area contributed by atoms with Gasteiger partial charge in [-0.15, -0.1) is 0 Å². The molecule has 1 N–H and O–H groups in total. The minimum Gasteiger partial charge on any atom is -0.325 e. The van der Waals surface area contributed by atoms with Gasteiger partial charge in [-0.1, -0.05) is 97.1 Å². The summed E-state index contributed by atoms with van der Waals surface area (Å²) in [4.78, 5) is 13.6. The van der Waals surface area contributed by atoms with Crippen LogP contribution in [0, 0.1) is 0 Å². The average molecular weight is 402 g/mol. The molecule has 0 bridgehead atoms. The van der Waals surface area contributed by atoms with Crippen molar-refractivity contribution in [2.24, 2.45) is 0 Å². The Bertz CT molecular complexity index is 1330. The van der Waals surface area contributed by atoms with Gasteiger partial charge in [0, 0.05) is 17.2 Å². The number of aryl methyl sites for hydroxylation is 1. The number of carbonyl (C=O) groups excluding carboxylic acids is 1. The number of amides is 1. The molecular weight excluding hydrogens is 378 g/mol. The lowest BCUT2D eigenvalue weighted by atomic mass is 9.69. The third-order valence-electron chi connectivity index (χ3n) is 6.83. The Morgan fingerprint density at radius 3 is 2.32 bits per heavy atom. The van der Waals surface area contributed by atoms with Gasteiger partial charge >= 0.3 is 0 Å². The van der Waals surface area contributed by atoms with Crippen LogP contribution in [-0.2, 0) is 11.2 Å². The molecule has 1 heterocycles. The molecule has 4 aromatic carbocycles. The number of benzene rings is 4. The summed E-state index contributed by atoms with van der Waals surface area (Å²) in [5.41, 5.74) is 7.18. The van der Waals surface area contributed by atoms with E-state index in [1.54, 1.807) is 0 Å². The van der Waals surface area contributed by atoms with Crippen LogP contribution >= 0.6 is 0 Å². The molecule has 6 rings (SSSR count). The van der Waals surface area contributed by atoms with Crippen LogP contribution in [0.4, 0.5) is 0 Å². The highest BCUT2D eigenvalue weighted by atomic mass is 16.2. The standard InChI is InChI=1S/C29H23NO/c31-29-26(21-11-2-1-3-12-21)27(24-16-8-13-19-9-4-6-14-22(19)24)25-18-17-20-10-5-7-15-23(20)28(25)30-29/h1-16,26-27H,17-18H2,(H,30,31). The van der Waals surface area contributed by atoms with Gasteiger partial charge in [0.25, 0.3) is 0 Å². The fraction of sp³-hybridized carbons (Fsp3) is 0.138. The van der Waals surface area contributed by atoms with Gasteiger partial charge < -0.3 is 5.32 Å². The summed E-state index contributed by atoms with van der Waals surface area (Å²) in [6, 6.07) is 33.8. The van der Waals surface area contributed by atoms with Crippen molar-refractivity contribution in [3.05, 3.63) is 125 Å². The number of hydrogen-bond donors (Lipinski definition) is 1. The van der Waals surface area contributed by atoms with Crippen molar-refractivity contribution in [3.63, 3.8) is 0 Å². The molecule has 2 nitrogen and oxygen atoms in total. The van der Waals surface area contributed by atoms with Gasteiger partial charge in [0.2, 0.25) is 5.91 Å². The van der Waals surface area contributed by atoms with Gasteiger partial charge in [0.15, 0.2) is 0 Å². The molecule has 2 heteroatoms. The lowest BCUT2D eigenvalue weighted by Crippen LogP contribution is -2.39. The highest BCUT2D eigenvalue weighted by Gasteiger charge is 2.41. The maximum atomic E-state index is 13.6. The summed E-state index contributed by atoms with van der Waals surface area (Å²) < 4.78 is 0. The van der Waals surface area contributed by atoms with Crippen LogP contribution in [0.25, 0.3) is 16.5 Å². The van der Waals surface area contributed by atoms with Crippen molar-refractivity contribution in [1.82, 2.24) is 5.32 Å². The lowest BCUT2D eigenvalue weighted by Gasteiger charge is -2.39. The summed E-state index contributed by atoms with van der Waals surface area (Å²) in [7, 11) is 0. The zero-order chi connectivity index (χ0) is 20.8. The first kappa shape index (κ1) is 18.1. The third-order valence-corrected chi connectivity index (χ3v) is 6.83. The molecule has 4 aromatic rings. The second kappa shape index (κ2) is 7.24. The molecule has 0 saturated carbocycles. The Morgan fingerprint density at radius 1 is 0.677 bits per heavy atom. The van der Waals surface area contributed by atoms with E-state index in [-0.39, 0.29) is 17.7 Å². The van der Waals surface area contributed by atoms with E-state index in [1.165, 1.54) is 33.0 Å². The van der Waals surface area contributed by atoms with Crippen molar-refractivity contribution in [2.45, 2.75) is 24.7 Å². The first-order valence-electron chi connectivity index (χ1n) is 11.0. The van der Waals surface area contributed by atoms with E-state index in [2.05, 4.69) is 84.2 Å². The van der Waals surface area contributed by atoms with Crippen LogP contribution in [0.2, 0.25) is 0 Å². The number of rotatable bonds is 2. The molecule has 2 aliphatic rings. The topological polar surface area (TPSA) is 29.1 Å². The Hall–Kier alpha value is -3.65. The summed E-state index contributed by atoms with van der Waals surface area (Å²) in [6.07, 6.45) is 1.97. The molecule has 150 valence electrons. The van der Waals surface area contributed by atoms with Gasteiger partial charge in [0.1, 0.15) is 0 Å². The molecular formula is C29H23NO. The SMILES string of the molecule is O=C1NC2=C(CCc3ccccc32)C(c2cccc3ccccc23)C1c1ccccc1. The largest absolute Gasteiger partial charge is 0.325 e. The third kappa shape index (κ3) is 2.90. The zero-order valence-corrected chi connectivity index (χ0v) is 17.2. The number of fused-ring (bicyclic) bond motifs is 3. The van der Waals surface area contributed by atoms with E-state index in [1.807, 2.05) is 18.2 Å². The van der Waals surface area contributed by atoms with E-state index in [0.29, 0.717) is 0 Å². The molecule has 0 spiro atoms. The van der Waals surface area contributed by atoms with Crippen molar-refractivity contribution in [1.29, 1.82) is 0 Å². The smallest absolute Gasteiger partial charge is 0.232 e. The predicted octanol–water partition coefficient (Wildman–Crippen LogP) is 6.19. The molecule has 1 amide bonds. The second-order valence-electron chi connectivity index (χ2n) is 8.48.